The molecule has 0 aliphatic carbocycles. The topological polar surface area (TPSA) is 71.1 Å². The van der Waals surface area contributed by atoms with Crippen LogP contribution in [0.3, 0.4) is 0 Å². The van der Waals surface area contributed by atoms with Gasteiger partial charge in [-0.2, -0.15) is 0 Å². The molecule has 2 amide bonds. The number of ether oxygens (including phenoxy) is 2. The lowest BCUT2D eigenvalue weighted by molar-refractivity contribution is -0.130. The predicted molar refractivity (Wildman–Crippen MR) is 133 cm³/mol. The van der Waals surface area contributed by atoms with Crippen LogP contribution in [-0.4, -0.2) is 74.1 Å². The highest BCUT2D eigenvalue weighted by Gasteiger charge is 2.28. The molecule has 0 bridgehead atoms. The Morgan fingerprint density at radius 3 is 2.60 bits per heavy atom. The molecule has 1 aliphatic rings. The van der Waals surface area contributed by atoms with E-state index >= 15 is 0 Å². The van der Waals surface area contributed by atoms with Gasteiger partial charge in [-0.25, -0.2) is 4.39 Å². The van der Waals surface area contributed by atoms with Crippen LogP contribution in [0.2, 0.25) is 0 Å². The summed E-state index contributed by atoms with van der Waals surface area (Å²) in [6.07, 6.45) is 0.912. The summed E-state index contributed by atoms with van der Waals surface area (Å²) in [4.78, 5) is 28.3. The monoisotopic (exact) mass is 483 g/mol. The molecule has 0 radical (unpaired) electrons. The van der Waals surface area contributed by atoms with Crippen LogP contribution < -0.4 is 10.1 Å². The third-order valence-electron chi connectivity index (χ3n) is 6.15. The van der Waals surface area contributed by atoms with Gasteiger partial charge in [0.15, 0.2) is 0 Å². The molecule has 1 N–H and O–H groups in total. The highest BCUT2D eigenvalue weighted by atomic mass is 19.1. The van der Waals surface area contributed by atoms with Crippen molar-refractivity contribution in [3.63, 3.8) is 0 Å². The van der Waals surface area contributed by atoms with Crippen molar-refractivity contribution in [2.75, 3.05) is 46.4 Å². The lowest BCUT2D eigenvalue weighted by Gasteiger charge is -2.40. The maximum Gasteiger partial charge on any atom is 0.251 e. The van der Waals surface area contributed by atoms with Crippen molar-refractivity contribution < 1.29 is 23.5 Å². The number of rotatable bonds is 10. The van der Waals surface area contributed by atoms with E-state index in [4.69, 9.17) is 9.47 Å². The van der Waals surface area contributed by atoms with E-state index in [9.17, 15) is 14.0 Å². The van der Waals surface area contributed by atoms with Crippen molar-refractivity contribution in [1.29, 1.82) is 0 Å². The summed E-state index contributed by atoms with van der Waals surface area (Å²) < 4.78 is 25.6. The van der Waals surface area contributed by atoms with E-state index < -0.39 is 6.10 Å². The summed E-state index contributed by atoms with van der Waals surface area (Å²) in [6.45, 7) is 10.7. The van der Waals surface area contributed by atoms with Crippen molar-refractivity contribution in [3.05, 3.63) is 77.6 Å². The first-order valence-electron chi connectivity index (χ1n) is 11.8. The van der Waals surface area contributed by atoms with Crippen molar-refractivity contribution in [1.82, 2.24) is 15.1 Å². The molecule has 2 aromatic carbocycles. The average Bonchev–Trinajstić information content (AvgIpc) is 2.85. The standard InChI is InChI=1S/C27H34FN3O4/c1-5-26(32)31-14-13-30(17-20(31)3)18-25(22-7-6-19(2)24(28)16-22)35-23-10-8-21(9-11-23)27(33)29-12-15-34-4/h5-11,16,20,25H,1,12-15,17-18H2,2-4H3,(H,29,33)/t20-,25-/m1/s1. The number of nitrogens with one attached hydrogen (secondary N) is 1. The van der Waals surface area contributed by atoms with Gasteiger partial charge in [0.05, 0.1) is 6.61 Å². The molecule has 7 nitrogen and oxygen atoms in total. The second-order valence-corrected chi connectivity index (χ2v) is 8.73. The molecule has 1 aliphatic heterocycles. The number of hydrogen-bond donors (Lipinski definition) is 1. The molecule has 2 aromatic rings. The normalized spacial score (nSPS) is 17.0. The minimum Gasteiger partial charge on any atom is -0.484 e. The molecule has 0 saturated carbocycles. The average molecular weight is 484 g/mol. The SMILES string of the molecule is C=CC(=O)N1CCN(C[C@@H](Oc2ccc(C(=O)NCCOC)cc2)c2ccc(C)c(F)c2)C[C@H]1C. The Morgan fingerprint density at radius 1 is 1.23 bits per heavy atom. The largest absolute Gasteiger partial charge is 0.484 e. The summed E-state index contributed by atoms with van der Waals surface area (Å²) in [5, 5.41) is 2.78. The van der Waals surface area contributed by atoms with Gasteiger partial charge in [-0.05, 0) is 61.4 Å². The zero-order valence-corrected chi connectivity index (χ0v) is 20.6. The van der Waals surface area contributed by atoms with Crippen LogP contribution in [0.25, 0.3) is 0 Å². The number of carbonyl (C=O) groups excluding carboxylic acids is 2. The number of nitrogens with zero attached hydrogens (tertiary/aromatic N) is 2. The zero-order chi connectivity index (χ0) is 25.4. The van der Waals surface area contributed by atoms with Crippen LogP contribution in [0.15, 0.2) is 55.1 Å². The summed E-state index contributed by atoms with van der Waals surface area (Å²) in [5.41, 5.74) is 1.82. The lowest BCUT2D eigenvalue weighted by atomic mass is 10.0. The van der Waals surface area contributed by atoms with Crippen molar-refractivity contribution >= 4 is 11.8 Å². The first-order valence-corrected chi connectivity index (χ1v) is 11.8. The van der Waals surface area contributed by atoms with Crippen LogP contribution in [0.5, 0.6) is 5.75 Å². The number of methoxy groups -OCH3 is 1. The number of piperazine rings is 1. The molecule has 1 heterocycles. The van der Waals surface area contributed by atoms with Crippen molar-refractivity contribution in [2.24, 2.45) is 0 Å². The lowest BCUT2D eigenvalue weighted by Crippen LogP contribution is -2.54. The quantitative estimate of drug-likeness (QED) is 0.415. The Labute approximate surface area is 206 Å². The Hall–Kier alpha value is -3.23. The third kappa shape index (κ3) is 7.13. The van der Waals surface area contributed by atoms with Crippen molar-refractivity contribution in [2.45, 2.75) is 26.0 Å². The molecule has 188 valence electrons. The maximum atomic E-state index is 14.4. The van der Waals surface area contributed by atoms with Crippen LogP contribution in [0.1, 0.15) is 34.5 Å². The van der Waals surface area contributed by atoms with E-state index in [0.717, 1.165) is 5.56 Å². The van der Waals surface area contributed by atoms with Gasteiger partial charge < -0.3 is 19.7 Å². The Bertz CT molecular complexity index is 1030. The van der Waals surface area contributed by atoms with E-state index in [1.807, 2.05) is 13.0 Å². The molecular weight excluding hydrogens is 449 g/mol. The van der Waals surface area contributed by atoms with Gasteiger partial charge >= 0.3 is 0 Å². The number of amides is 2. The van der Waals surface area contributed by atoms with E-state index in [-0.39, 0.29) is 23.7 Å². The summed E-state index contributed by atoms with van der Waals surface area (Å²) in [5.74, 6) is 0.0375. The van der Waals surface area contributed by atoms with E-state index in [2.05, 4.69) is 16.8 Å². The Kier molecular flexibility index (Phi) is 9.39. The van der Waals surface area contributed by atoms with Gasteiger partial charge in [-0.15, -0.1) is 0 Å². The number of carbonyl (C=O) groups is 2. The van der Waals surface area contributed by atoms with Gasteiger partial charge in [0.1, 0.15) is 17.7 Å². The molecule has 8 heteroatoms. The van der Waals surface area contributed by atoms with E-state index in [0.29, 0.717) is 56.2 Å². The number of benzene rings is 2. The first kappa shape index (κ1) is 26.4. The number of halogens is 1. The molecule has 1 fully saturated rings. The van der Waals surface area contributed by atoms with E-state index in [1.165, 1.54) is 12.1 Å². The number of hydrogen-bond acceptors (Lipinski definition) is 5. The molecule has 2 atom stereocenters. The number of aryl methyl sites for hydroxylation is 1. The van der Waals surface area contributed by atoms with Gasteiger partial charge in [0.2, 0.25) is 5.91 Å². The first-order chi connectivity index (χ1) is 16.8. The van der Waals surface area contributed by atoms with Gasteiger partial charge in [-0.3, -0.25) is 14.5 Å². The van der Waals surface area contributed by atoms with Crippen LogP contribution in [0.4, 0.5) is 4.39 Å². The van der Waals surface area contributed by atoms with Gasteiger partial charge in [0.25, 0.3) is 5.91 Å². The fourth-order valence-corrected chi connectivity index (χ4v) is 4.12. The van der Waals surface area contributed by atoms with Crippen LogP contribution in [0, 0.1) is 12.7 Å². The predicted octanol–water partition coefficient (Wildman–Crippen LogP) is 3.35. The minimum atomic E-state index is -0.430. The molecule has 0 aromatic heterocycles. The fourth-order valence-electron chi connectivity index (χ4n) is 4.12. The zero-order valence-electron chi connectivity index (χ0n) is 20.6. The summed E-state index contributed by atoms with van der Waals surface area (Å²) in [6, 6.07) is 12.1. The summed E-state index contributed by atoms with van der Waals surface area (Å²) >= 11 is 0. The highest BCUT2D eigenvalue weighted by molar-refractivity contribution is 5.94. The molecule has 3 rings (SSSR count). The molecule has 0 unspecified atom stereocenters. The van der Waals surface area contributed by atoms with Gasteiger partial charge in [0, 0.05) is 51.4 Å². The van der Waals surface area contributed by atoms with Crippen molar-refractivity contribution in [3.8, 4) is 5.75 Å². The molecule has 35 heavy (non-hydrogen) atoms. The molecule has 0 spiro atoms. The fraction of sp³-hybridized carbons (Fsp3) is 0.407. The van der Waals surface area contributed by atoms with Crippen LogP contribution >= 0.6 is 0 Å². The third-order valence-corrected chi connectivity index (χ3v) is 6.15. The molecule has 1 saturated heterocycles. The second-order valence-electron chi connectivity index (χ2n) is 8.73. The van der Waals surface area contributed by atoms with Crippen LogP contribution in [-0.2, 0) is 9.53 Å². The summed E-state index contributed by atoms with van der Waals surface area (Å²) in [7, 11) is 1.58. The second kappa shape index (κ2) is 12.5. The van der Waals surface area contributed by atoms with E-state index in [1.54, 1.807) is 49.3 Å². The molecular formula is C27H34FN3O4. The smallest absolute Gasteiger partial charge is 0.251 e. The minimum absolute atomic E-state index is 0.0283. The highest BCUT2D eigenvalue weighted by Crippen LogP contribution is 2.26. The maximum absolute atomic E-state index is 14.4. The van der Waals surface area contributed by atoms with Gasteiger partial charge in [-0.1, -0.05) is 18.7 Å². The Morgan fingerprint density at radius 2 is 1.97 bits per heavy atom. The Balaban J connectivity index is 1.73.